The zero-order valence-electron chi connectivity index (χ0n) is 26.4. The summed E-state index contributed by atoms with van der Waals surface area (Å²) in [6.45, 7) is 2.45. The number of anilines is 5. The first-order chi connectivity index (χ1) is 23.7. The molecular weight excluding hydrogens is 587 g/mol. The van der Waals surface area contributed by atoms with Crippen LogP contribution in [0.2, 0.25) is 0 Å². The number of fused-ring (bicyclic) bond motifs is 10. The summed E-state index contributed by atoms with van der Waals surface area (Å²) < 4.78 is 12.9. The zero-order valence-corrected chi connectivity index (χ0v) is 26.4. The molecule has 0 N–H and O–H groups in total. The zero-order chi connectivity index (χ0) is 31.6. The fraction of sp³-hybridized carbons (Fsp3) is 0.0698. The highest BCUT2D eigenvalue weighted by Gasteiger charge is 2.46. The third-order valence-electron chi connectivity index (χ3n) is 10.8. The van der Waals surface area contributed by atoms with Crippen molar-refractivity contribution in [3.8, 4) is 0 Å². The summed E-state index contributed by atoms with van der Waals surface area (Å²) >= 11 is 0. The monoisotopic (exact) mass is 616 g/mol. The first-order valence-electron chi connectivity index (χ1n) is 16.7. The van der Waals surface area contributed by atoms with Crippen LogP contribution in [0.15, 0.2) is 142 Å². The van der Waals surface area contributed by atoms with Gasteiger partial charge in [0.1, 0.15) is 22.2 Å². The normalized spacial score (nSPS) is 17.5. The Morgan fingerprint density at radius 1 is 0.583 bits per heavy atom. The first-order valence-corrected chi connectivity index (χ1v) is 16.7. The lowest BCUT2D eigenvalue weighted by Gasteiger charge is -2.49. The van der Waals surface area contributed by atoms with Gasteiger partial charge < -0.3 is 18.6 Å². The van der Waals surface area contributed by atoms with Crippen LogP contribution in [-0.4, -0.2) is 12.3 Å². The number of rotatable bonds is 2. The summed E-state index contributed by atoms with van der Waals surface area (Å²) in [4.78, 5) is 5.00. The van der Waals surface area contributed by atoms with E-state index < -0.39 is 0 Å². The summed E-state index contributed by atoms with van der Waals surface area (Å²) in [5, 5.41) is 4.65. The van der Waals surface area contributed by atoms with Crippen molar-refractivity contribution < 1.29 is 8.83 Å². The quantitative estimate of drug-likeness (QED) is 0.188. The molecule has 3 aliphatic rings. The van der Waals surface area contributed by atoms with Crippen LogP contribution in [0.1, 0.15) is 13.3 Å². The summed E-state index contributed by atoms with van der Waals surface area (Å²) in [6.07, 6.45) is 5.58. The molecule has 0 saturated carbocycles. The minimum Gasteiger partial charge on any atom is -0.456 e. The van der Waals surface area contributed by atoms with E-state index in [0.717, 1.165) is 45.0 Å². The highest BCUT2D eigenvalue weighted by molar-refractivity contribution is 7.00. The van der Waals surface area contributed by atoms with Crippen molar-refractivity contribution in [2.24, 2.45) is 0 Å². The van der Waals surface area contributed by atoms with Crippen LogP contribution in [0.4, 0.5) is 28.4 Å². The van der Waals surface area contributed by atoms with Gasteiger partial charge in [-0.1, -0.05) is 84.9 Å². The van der Waals surface area contributed by atoms with Crippen LogP contribution >= 0.6 is 0 Å². The van der Waals surface area contributed by atoms with Gasteiger partial charge >= 0.3 is 0 Å². The SMILES string of the molecule is CC1(N2c3ccccc3B3c4ccccc4N(c4ccc5c(c4)oc4ccccc45)c4cccc2c43)C=c2oc3ccccc3c2=CC1. The van der Waals surface area contributed by atoms with Crippen molar-refractivity contribution in [1.29, 1.82) is 0 Å². The molecule has 1 aliphatic carbocycles. The van der Waals surface area contributed by atoms with E-state index in [0.29, 0.717) is 0 Å². The Kier molecular flexibility index (Phi) is 5.09. The predicted octanol–water partition coefficient (Wildman–Crippen LogP) is 7.51. The molecule has 0 saturated heterocycles. The van der Waals surface area contributed by atoms with E-state index in [2.05, 4.69) is 144 Å². The van der Waals surface area contributed by atoms with E-state index >= 15 is 0 Å². The summed E-state index contributed by atoms with van der Waals surface area (Å²) in [6, 6.07) is 48.0. The molecule has 8 aromatic rings. The smallest absolute Gasteiger partial charge is 0.252 e. The summed E-state index contributed by atoms with van der Waals surface area (Å²) in [5.41, 5.74) is 13.2. The molecular formula is C43H29BN2O2. The fourth-order valence-electron chi connectivity index (χ4n) is 8.73. The topological polar surface area (TPSA) is 32.8 Å². The second-order valence-electron chi connectivity index (χ2n) is 13.5. The third-order valence-corrected chi connectivity index (χ3v) is 10.8. The number of furan rings is 2. The van der Waals surface area contributed by atoms with Gasteiger partial charge in [0.15, 0.2) is 0 Å². The van der Waals surface area contributed by atoms with Crippen molar-refractivity contribution in [3.05, 3.63) is 144 Å². The van der Waals surface area contributed by atoms with Crippen molar-refractivity contribution in [3.63, 3.8) is 0 Å². The van der Waals surface area contributed by atoms with Gasteiger partial charge in [-0.25, -0.2) is 0 Å². The van der Waals surface area contributed by atoms with Gasteiger partial charge in [-0.15, -0.1) is 0 Å². The molecule has 2 aliphatic heterocycles. The molecule has 0 bridgehead atoms. The maximum Gasteiger partial charge on any atom is 0.252 e. The molecule has 0 amide bonds. The number of hydrogen-bond acceptors (Lipinski definition) is 4. The largest absolute Gasteiger partial charge is 0.456 e. The molecule has 1 unspecified atom stereocenters. The molecule has 0 radical (unpaired) electrons. The summed E-state index contributed by atoms with van der Waals surface area (Å²) in [5.74, 6) is 0. The Morgan fingerprint density at radius 3 is 2.08 bits per heavy atom. The molecule has 6 aromatic carbocycles. The summed E-state index contributed by atoms with van der Waals surface area (Å²) in [7, 11) is 0. The van der Waals surface area contributed by atoms with E-state index in [1.54, 1.807) is 0 Å². The average Bonchev–Trinajstić information content (AvgIpc) is 3.68. The molecule has 226 valence electrons. The van der Waals surface area contributed by atoms with Crippen molar-refractivity contribution >= 4 is 96.6 Å². The average molecular weight is 617 g/mol. The second kappa shape index (κ2) is 9.33. The lowest BCUT2D eigenvalue weighted by atomic mass is 9.33. The van der Waals surface area contributed by atoms with Crippen molar-refractivity contribution in [2.45, 2.75) is 18.9 Å². The van der Waals surface area contributed by atoms with Gasteiger partial charge in [-0.3, -0.25) is 0 Å². The predicted molar refractivity (Wildman–Crippen MR) is 199 cm³/mol. The Hall–Kier alpha value is -5.94. The fourth-order valence-corrected chi connectivity index (χ4v) is 8.73. The van der Waals surface area contributed by atoms with Crippen molar-refractivity contribution in [2.75, 3.05) is 9.80 Å². The van der Waals surface area contributed by atoms with Crippen LogP contribution in [0.5, 0.6) is 0 Å². The Morgan fingerprint density at radius 2 is 1.23 bits per heavy atom. The molecule has 5 heteroatoms. The van der Waals surface area contributed by atoms with Crippen LogP contribution in [-0.2, 0) is 0 Å². The Labute approximate surface area is 277 Å². The maximum atomic E-state index is 6.48. The van der Waals surface area contributed by atoms with Crippen LogP contribution < -0.4 is 36.8 Å². The molecule has 0 fully saturated rings. The second-order valence-corrected chi connectivity index (χ2v) is 13.5. The van der Waals surface area contributed by atoms with E-state index in [9.17, 15) is 0 Å². The standard InChI is InChI=1S/C43H29BN2O2/c1-43(24-23-31-29-12-3-9-20-39(29)48-41(31)26-43)46-35-16-7-5-14-33(35)44-32-13-4-6-15-34(32)45(36-17-10-18-37(46)42(36)44)27-21-22-30-28-11-2-8-19-38(28)47-40(30)25-27/h2-23,25-26H,24H2,1H3. The van der Waals surface area contributed by atoms with E-state index in [-0.39, 0.29) is 12.3 Å². The van der Waals surface area contributed by atoms with Crippen molar-refractivity contribution in [1.82, 2.24) is 0 Å². The van der Waals surface area contributed by atoms with Crippen LogP contribution in [0.25, 0.3) is 45.1 Å². The van der Waals surface area contributed by atoms with Crippen LogP contribution in [0.3, 0.4) is 0 Å². The highest BCUT2D eigenvalue weighted by Crippen LogP contribution is 2.45. The van der Waals surface area contributed by atoms with E-state index in [1.165, 1.54) is 49.7 Å². The Balaban J connectivity index is 1.16. The molecule has 4 nitrogen and oxygen atoms in total. The van der Waals surface area contributed by atoms with Gasteiger partial charge in [0, 0.05) is 55.9 Å². The minimum absolute atomic E-state index is 0.101. The van der Waals surface area contributed by atoms with Gasteiger partial charge in [0.25, 0.3) is 6.71 Å². The molecule has 0 spiro atoms. The molecule has 4 heterocycles. The van der Waals surface area contributed by atoms with Gasteiger partial charge in [-0.05, 0) is 84.3 Å². The molecule has 11 rings (SSSR count). The number of para-hydroxylation sites is 4. The molecule has 1 atom stereocenters. The van der Waals surface area contributed by atoms with Crippen LogP contribution in [0, 0.1) is 0 Å². The van der Waals surface area contributed by atoms with E-state index in [4.69, 9.17) is 8.83 Å². The van der Waals surface area contributed by atoms with Gasteiger partial charge in [0.2, 0.25) is 0 Å². The van der Waals surface area contributed by atoms with Gasteiger partial charge in [-0.2, -0.15) is 0 Å². The highest BCUT2D eigenvalue weighted by atomic mass is 16.3. The van der Waals surface area contributed by atoms with E-state index in [1.807, 2.05) is 18.2 Å². The Bertz CT molecular complexity index is 2780. The number of hydrogen-bond donors (Lipinski definition) is 0. The molecule has 48 heavy (non-hydrogen) atoms. The number of nitrogens with zero attached hydrogens (tertiary/aromatic N) is 2. The lowest BCUT2D eigenvalue weighted by Crippen LogP contribution is -2.64. The first kappa shape index (κ1) is 26.2. The maximum absolute atomic E-state index is 6.48. The van der Waals surface area contributed by atoms with Gasteiger partial charge in [0.05, 0.1) is 5.54 Å². The lowest BCUT2D eigenvalue weighted by molar-refractivity contribution is 0.545. The minimum atomic E-state index is -0.355. The molecule has 2 aromatic heterocycles. The number of benzene rings is 6. The third kappa shape index (κ3) is 3.40.